The van der Waals surface area contributed by atoms with Gasteiger partial charge in [-0.15, -0.1) is 11.3 Å². The molecule has 0 radical (unpaired) electrons. The van der Waals surface area contributed by atoms with Crippen LogP contribution in [0.15, 0.2) is 265 Å². The zero-order chi connectivity index (χ0) is 46.2. The Labute approximate surface area is 410 Å². The van der Waals surface area contributed by atoms with E-state index in [-0.39, 0.29) is 0 Å². The van der Waals surface area contributed by atoms with Crippen LogP contribution in [0.25, 0.3) is 86.6 Å². The van der Waals surface area contributed by atoms with Crippen molar-refractivity contribution in [3.63, 3.8) is 0 Å². The summed E-state index contributed by atoms with van der Waals surface area (Å²) in [6.45, 7) is 0. The molecular weight excluding hydrogens is 867 g/mol. The summed E-state index contributed by atoms with van der Waals surface area (Å²) < 4.78 is 8.89. The first kappa shape index (κ1) is 40.3. The number of anilines is 3. The largest absolute Gasteiger partial charge is 0.456 e. The Morgan fingerprint density at radius 2 is 0.814 bits per heavy atom. The predicted octanol–water partition coefficient (Wildman–Crippen LogP) is 18.8. The highest BCUT2D eigenvalue weighted by atomic mass is 32.1. The SMILES string of the molecule is c1ccc(N(c2ccc(-c3cc(-c4ccc5oc6ccccc6c5c4)cc(-c4ccc5sc6ccccc6c5c4)c3)cc2)c2ccc3c(c2)C(c2ccccc2)(c2ccccc2)c2ccccc2-3)cc1. The van der Waals surface area contributed by atoms with Crippen molar-refractivity contribution in [2.24, 2.45) is 0 Å². The number of fused-ring (bicyclic) bond motifs is 9. The molecular formula is C67H43NOS. The molecule has 328 valence electrons. The first-order chi connectivity index (χ1) is 34.7. The zero-order valence-electron chi connectivity index (χ0n) is 38.1. The van der Waals surface area contributed by atoms with Gasteiger partial charge in [0.05, 0.1) is 5.41 Å². The normalized spacial score (nSPS) is 12.7. The molecule has 0 unspecified atom stereocenters. The predicted molar refractivity (Wildman–Crippen MR) is 295 cm³/mol. The molecule has 0 amide bonds. The molecule has 0 atom stereocenters. The molecule has 11 aromatic carbocycles. The Balaban J connectivity index is 0.919. The standard InChI is InChI=1S/C67H43NOS/c1-4-16-50(17-5-1)67(51-18-6-2-7-19-51)61-25-13-10-22-55(61)56-35-34-54(43-62(56)67)68(52-20-8-3-9-21-52)53-32-28-44(29-33-53)47-38-48(45-30-36-64-59(41-45)57-23-11-14-26-63(57)69-64)40-49(39-47)46-31-37-66-60(42-46)58-24-12-15-27-65(58)70-66/h1-43H. The van der Waals surface area contributed by atoms with Gasteiger partial charge in [0.15, 0.2) is 0 Å². The van der Waals surface area contributed by atoms with E-state index in [0.29, 0.717) is 0 Å². The summed E-state index contributed by atoms with van der Waals surface area (Å²) in [5.41, 5.74) is 19.2. The lowest BCUT2D eigenvalue weighted by atomic mass is 9.67. The molecule has 0 fully saturated rings. The summed E-state index contributed by atoms with van der Waals surface area (Å²) in [4.78, 5) is 2.40. The molecule has 13 aromatic rings. The minimum Gasteiger partial charge on any atom is -0.456 e. The maximum absolute atomic E-state index is 6.28. The molecule has 70 heavy (non-hydrogen) atoms. The van der Waals surface area contributed by atoms with Crippen LogP contribution >= 0.6 is 11.3 Å². The highest BCUT2D eigenvalue weighted by Gasteiger charge is 2.46. The molecule has 0 saturated carbocycles. The Bertz CT molecular complexity index is 3940. The number of hydrogen-bond acceptors (Lipinski definition) is 3. The van der Waals surface area contributed by atoms with E-state index < -0.39 is 5.41 Å². The van der Waals surface area contributed by atoms with Gasteiger partial charge < -0.3 is 9.32 Å². The summed E-state index contributed by atoms with van der Waals surface area (Å²) in [5.74, 6) is 0. The van der Waals surface area contributed by atoms with Gasteiger partial charge in [0.1, 0.15) is 11.2 Å². The molecule has 14 rings (SSSR count). The van der Waals surface area contributed by atoms with Crippen molar-refractivity contribution in [3.05, 3.63) is 283 Å². The van der Waals surface area contributed by atoms with Gasteiger partial charge in [-0.1, -0.05) is 170 Å². The molecule has 0 N–H and O–H groups in total. The number of benzene rings is 11. The topological polar surface area (TPSA) is 16.4 Å². The lowest BCUT2D eigenvalue weighted by molar-refractivity contribution is 0.669. The Kier molecular flexibility index (Phi) is 9.33. The van der Waals surface area contributed by atoms with Crippen LogP contribution in [0.5, 0.6) is 0 Å². The molecule has 2 nitrogen and oxygen atoms in total. The lowest BCUT2D eigenvalue weighted by Crippen LogP contribution is -2.28. The van der Waals surface area contributed by atoms with E-state index in [1.165, 1.54) is 64.7 Å². The monoisotopic (exact) mass is 909 g/mol. The van der Waals surface area contributed by atoms with Crippen LogP contribution in [0.3, 0.4) is 0 Å². The van der Waals surface area contributed by atoms with Crippen molar-refractivity contribution >= 4 is 70.5 Å². The van der Waals surface area contributed by atoms with E-state index in [2.05, 4.69) is 254 Å². The molecule has 3 heteroatoms. The Morgan fingerprint density at radius 3 is 1.56 bits per heavy atom. The van der Waals surface area contributed by atoms with Crippen molar-refractivity contribution < 1.29 is 4.42 Å². The van der Waals surface area contributed by atoms with Crippen molar-refractivity contribution in [2.45, 2.75) is 5.41 Å². The quantitative estimate of drug-likeness (QED) is 0.151. The third-order valence-electron chi connectivity index (χ3n) is 14.5. The average Bonchev–Trinajstić information content (AvgIpc) is 4.10. The summed E-state index contributed by atoms with van der Waals surface area (Å²) in [5, 5.41) is 4.84. The Morgan fingerprint density at radius 1 is 0.300 bits per heavy atom. The van der Waals surface area contributed by atoms with E-state index >= 15 is 0 Å². The van der Waals surface area contributed by atoms with Crippen LogP contribution in [0.4, 0.5) is 17.1 Å². The summed E-state index contributed by atoms with van der Waals surface area (Å²) in [6, 6.07) is 95.7. The fourth-order valence-corrected chi connectivity index (χ4v) is 12.4. The fraction of sp³-hybridized carbons (Fsp3) is 0.0149. The second kappa shape index (κ2) is 16.2. The van der Waals surface area contributed by atoms with Crippen LogP contribution in [0.2, 0.25) is 0 Å². The van der Waals surface area contributed by atoms with Crippen molar-refractivity contribution in [2.75, 3.05) is 4.90 Å². The minimum atomic E-state index is -0.504. The summed E-state index contributed by atoms with van der Waals surface area (Å²) in [6.07, 6.45) is 0. The van der Waals surface area contributed by atoms with Crippen LogP contribution in [0.1, 0.15) is 22.3 Å². The maximum atomic E-state index is 6.28. The van der Waals surface area contributed by atoms with Crippen LogP contribution < -0.4 is 4.90 Å². The molecule has 2 aromatic heterocycles. The average molecular weight is 910 g/mol. The molecule has 1 aliphatic carbocycles. The van der Waals surface area contributed by atoms with Crippen molar-refractivity contribution in [1.29, 1.82) is 0 Å². The van der Waals surface area contributed by atoms with Gasteiger partial charge >= 0.3 is 0 Å². The van der Waals surface area contributed by atoms with Gasteiger partial charge in [0, 0.05) is 48.0 Å². The fourth-order valence-electron chi connectivity index (χ4n) is 11.3. The smallest absolute Gasteiger partial charge is 0.135 e. The van der Waals surface area contributed by atoms with Gasteiger partial charge in [0.2, 0.25) is 0 Å². The van der Waals surface area contributed by atoms with E-state index in [1.54, 1.807) is 0 Å². The third-order valence-corrected chi connectivity index (χ3v) is 15.7. The number of rotatable bonds is 8. The third kappa shape index (κ3) is 6.40. The molecule has 0 spiro atoms. The molecule has 0 bridgehead atoms. The van der Waals surface area contributed by atoms with Crippen molar-refractivity contribution in [1.82, 2.24) is 0 Å². The second-order valence-corrected chi connectivity index (χ2v) is 19.5. The maximum Gasteiger partial charge on any atom is 0.135 e. The number of para-hydroxylation sites is 2. The van der Waals surface area contributed by atoms with E-state index in [9.17, 15) is 0 Å². The number of furan rings is 1. The van der Waals surface area contributed by atoms with Crippen LogP contribution in [-0.2, 0) is 5.41 Å². The first-order valence-electron chi connectivity index (χ1n) is 24.0. The number of thiophene rings is 1. The molecule has 0 saturated heterocycles. The highest BCUT2D eigenvalue weighted by molar-refractivity contribution is 7.25. The number of nitrogens with zero attached hydrogens (tertiary/aromatic N) is 1. The van der Waals surface area contributed by atoms with E-state index in [4.69, 9.17) is 4.42 Å². The van der Waals surface area contributed by atoms with Crippen LogP contribution in [0, 0.1) is 0 Å². The zero-order valence-corrected chi connectivity index (χ0v) is 38.9. The first-order valence-corrected chi connectivity index (χ1v) is 24.8. The molecule has 1 aliphatic rings. The van der Waals surface area contributed by atoms with Gasteiger partial charge in [-0.2, -0.15) is 0 Å². The summed E-state index contributed by atoms with van der Waals surface area (Å²) in [7, 11) is 0. The second-order valence-electron chi connectivity index (χ2n) is 18.4. The van der Waals surface area contributed by atoms with Crippen molar-refractivity contribution in [3.8, 4) is 44.5 Å². The summed E-state index contributed by atoms with van der Waals surface area (Å²) >= 11 is 1.86. The highest BCUT2D eigenvalue weighted by Crippen LogP contribution is 2.57. The molecule has 0 aliphatic heterocycles. The van der Waals surface area contributed by atoms with Gasteiger partial charge in [0.25, 0.3) is 0 Å². The van der Waals surface area contributed by atoms with E-state index in [1.807, 2.05) is 23.5 Å². The van der Waals surface area contributed by atoms with Crippen LogP contribution in [-0.4, -0.2) is 0 Å². The van der Waals surface area contributed by atoms with Gasteiger partial charge in [-0.3, -0.25) is 0 Å². The Hall–Kier alpha value is -8.76. The lowest BCUT2D eigenvalue weighted by Gasteiger charge is -2.35. The van der Waals surface area contributed by atoms with Gasteiger partial charge in [-0.05, 0) is 158 Å². The number of hydrogen-bond donors (Lipinski definition) is 0. The molecule has 2 heterocycles. The minimum absolute atomic E-state index is 0.504. The van der Waals surface area contributed by atoms with E-state index in [0.717, 1.165) is 61.3 Å². The van der Waals surface area contributed by atoms with Gasteiger partial charge in [-0.25, -0.2) is 0 Å².